The highest BCUT2D eigenvalue weighted by molar-refractivity contribution is 5.80. The first-order chi connectivity index (χ1) is 13.2. The lowest BCUT2D eigenvalue weighted by atomic mass is 10.2. The highest BCUT2D eigenvalue weighted by Gasteiger charge is 2.09. The van der Waals surface area contributed by atoms with E-state index in [1.54, 1.807) is 33.9 Å². The molecule has 4 aromatic rings. The average molecular weight is 366 g/mol. The van der Waals surface area contributed by atoms with Crippen molar-refractivity contribution < 1.29 is 9.50 Å². The Morgan fingerprint density at radius 3 is 2.85 bits per heavy atom. The summed E-state index contributed by atoms with van der Waals surface area (Å²) in [5.74, 6) is 1.05. The number of nitrogens with zero attached hydrogens (tertiary/aromatic N) is 5. The number of anilines is 2. The van der Waals surface area contributed by atoms with Crippen LogP contribution in [0.25, 0.3) is 10.9 Å². The minimum atomic E-state index is -0.248. The van der Waals surface area contributed by atoms with Crippen LogP contribution in [0.2, 0.25) is 0 Å². The number of halogens is 1. The Balaban J connectivity index is 1.56. The van der Waals surface area contributed by atoms with E-state index in [1.165, 1.54) is 6.07 Å². The van der Waals surface area contributed by atoms with Crippen molar-refractivity contribution >= 4 is 22.5 Å². The van der Waals surface area contributed by atoms with Gasteiger partial charge in [-0.15, -0.1) is 0 Å². The summed E-state index contributed by atoms with van der Waals surface area (Å²) in [6, 6.07) is 10.4. The number of nitrogens with one attached hydrogen (secondary N) is 1. The van der Waals surface area contributed by atoms with Crippen LogP contribution >= 0.6 is 0 Å². The number of fused-ring (bicyclic) bond motifs is 1. The van der Waals surface area contributed by atoms with Gasteiger partial charge in [0.05, 0.1) is 18.3 Å². The van der Waals surface area contributed by atoms with Gasteiger partial charge in [-0.3, -0.25) is 9.36 Å². The third-order valence-corrected chi connectivity index (χ3v) is 4.25. The molecule has 0 amide bonds. The van der Waals surface area contributed by atoms with Crippen LogP contribution in [-0.2, 0) is 13.1 Å². The third kappa shape index (κ3) is 3.80. The van der Waals surface area contributed by atoms with Crippen molar-refractivity contribution in [3.63, 3.8) is 0 Å². The zero-order chi connectivity index (χ0) is 18.6. The zero-order valence-electron chi connectivity index (χ0n) is 14.6. The number of rotatable bonds is 7. The molecule has 0 saturated heterocycles. The van der Waals surface area contributed by atoms with Crippen LogP contribution in [0.15, 0.2) is 55.0 Å². The van der Waals surface area contributed by atoms with Gasteiger partial charge in [-0.1, -0.05) is 18.2 Å². The Bertz CT molecular complexity index is 1060. The Morgan fingerprint density at radius 1 is 1.11 bits per heavy atom. The first-order valence-corrected chi connectivity index (χ1v) is 8.69. The van der Waals surface area contributed by atoms with E-state index < -0.39 is 0 Å². The molecule has 3 heterocycles. The van der Waals surface area contributed by atoms with Gasteiger partial charge in [0.15, 0.2) is 5.82 Å². The fourth-order valence-electron chi connectivity index (χ4n) is 2.87. The van der Waals surface area contributed by atoms with Crippen molar-refractivity contribution in [3.8, 4) is 0 Å². The average Bonchev–Trinajstić information content (AvgIpc) is 3.29. The Hall–Kier alpha value is -3.26. The van der Waals surface area contributed by atoms with Gasteiger partial charge >= 0.3 is 0 Å². The molecule has 0 bridgehead atoms. The lowest BCUT2D eigenvalue weighted by Gasteiger charge is -2.07. The molecule has 0 radical (unpaired) electrons. The van der Waals surface area contributed by atoms with Crippen molar-refractivity contribution in [2.45, 2.75) is 19.5 Å². The maximum Gasteiger partial charge on any atom is 0.153 e. The van der Waals surface area contributed by atoms with Gasteiger partial charge < -0.3 is 10.4 Å². The van der Waals surface area contributed by atoms with Gasteiger partial charge in [-0.25, -0.2) is 9.37 Å². The van der Waals surface area contributed by atoms with Crippen LogP contribution in [0.4, 0.5) is 16.0 Å². The molecule has 138 valence electrons. The lowest BCUT2D eigenvalue weighted by molar-refractivity contribution is 0.277. The normalized spacial score (nSPS) is 11.2. The molecule has 2 N–H and O–H groups in total. The van der Waals surface area contributed by atoms with E-state index in [2.05, 4.69) is 20.5 Å². The summed E-state index contributed by atoms with van der Waals surface area (Å²) in [7, 11) is 0. The molecule has 8 heteroatoms. The van der Waals surface area contributed by atoms with Crippen LogP contribution in [0, 0.1) is 5.82 Å². The Kier molecular flexibility index (Phi) is 4.80. The molecule has 0 fully saturated rings. The van der Waals surface area contributed by atoms with Crippen molar-refractivity contribution in [2.24, 2.45) is 0 Å². The second kappa shape index (κ2) is 7.55. The summed E-state index contributed by atoms with van der Waals surface area (Å²) >= 11 is 0. The number of hydrogen-bond acceptors (Lipinski definition) is 5. The van der Waals surface area contributed by atoms with Crippen molar-refractivity contribution in [3.05, 3.63) is 66.4 Å². The van der Waals surface area contributed by atoms with Gasteiger partial charge in [-0.05, 0) is 12.5 Å². The summed E-state index contributed by atoms with van der Waals surface area (Å²) in [6.45, 7) is 1.13. The first-order valence-electron chi connectivity index (χ1n) is 8.69. The molecule has 0 atom stereocenters. The molecule has 7 nitrogen and oxygen atoms in total. The van der Waals surface area contributed by atoms with E-state index in [0.29, 0.717) is 36.7 Å². The van der Waals surface area contributed by atoms with E-state index in [1.807, 2.05) is 24.4 Å². The third-order valence-electron chi connectivity index (χ3n) is 4.25. The molecule has 4 rings (SSSR count). The highest BCUT2D eigenvalue weighted by Crippen LogP contribution is 2.20. The zero-order valence-corrected chi connectivity index (χ0v) is 14.6. The number of aliphatic hydroxyl groups excluding tert-OH is 1. The van der Waals surface area contributed by atoms with E-state index in [0.717, 1.165) is 10.9 Å². The minimum Gasteiger partial charge on any atom is -0.396 e. The Labute approximate surface area is 155 Å². The molecule has 3 aromatic heterocycles. The van der Waals surface area contributed by atoms with E-state index in [9.17, 15) is 4.39 Å². The number of hydrogen-bond donors (Lipinski definition) is 2. The molecule has 0 aliphatic heterocycles. The summed E-state index contributed by atoms with van der Waals surface area (Å²) in [6.07, 6.45) is 5.95. The molecule has 27 heavy (non-hydrogen) atoms. The van der Waals surface area contributed by atoms with Crippen LogP contribution in [0.3, 0.4) is 0 Å². The summed E-state index contributed by atoms with van der Waals surface area (Å²) in [4.78, 5) is 4.38. The molecule has 0 spiro atoms. The number of aryl methyl sites for hydroxylation is 1. The second-order valence-electron chi connectivity index (χ2n) is 6.19. The number of aliphatic hydroxyl groups is 1. The lowest BCUT2D eigenvalue weighted by Crippen LogP contribution is -2.04. The van der Waals surface area contributed by atoms with Gasteiger partial charge in [0, 0.05) is 48.6 Å². The second-order valence-corrected chi connectivity index (χ2v) is 6.19. The van der Waals surface area contributed by atoms with Gasteiger partial charge in [0.25, 0.3) is 0 Å². The molecule has 1 aromatic carbocycles. The maximum absolute atomic E-state index is 13.9. The fraction of sp³-hybridized carbons (Fsp3) is 0.211. The highest BCUT2D eigenvalue weighted by atomic mass is 19.1. The molecule has 0 unspecified atom stereocenters. The molecule has 0 aliphatic carbocycles. The number of benzene rings is 1. The van der Waals surface area contributed by atoms with Crippen molar-refractivity contribution in [1.29, 1.82) is 0 Å². The Morgan fingerprint density at radius 2 is 2.00 bits per heavy atom. The minimum absolute atomic E-state index is 0.132. The smallest absolute Gasteiger partial charge is 0.153 e. The molecular formula is C19H19FN6O. The number of aromatic nitrogens is 5. The molecule has 0 saturated carbocycles. The molecule has 0 aliphatic rings. The fourth-order valence-corrected chi connectivity index (χ4v) is 2.87. The number of pyridine rings is 1. The monoisotopic (exact) mass is 366 g/mol. The topological polar surface area (TPSA) is 80.8 Å². The van der Waals surface area contributed by atoms with Gasteiger partial charge in [0.1, 0.15) is 11.6 Å². The van der Waals surface area contributed by atoms with Crippen LogP contribution in [-0.4, -0.2) is 36.3 Å². The summed E-state index contributed by atoms with van der Waals surface area (Å²) < 4.78 is 17.5. The van der Waals surface area contributed by atoms with Crippen molar-refractivity contribution in [1.82, 2.24) is 24.5 Å². The SMILES string of the molecule is OCCCn1ccc(Nc2cc3c(cn2)cnn3Cc2ccccc2F)n1. The predicted octanol–water partition coefficient (Wildman–Crippen LogP) is 2.94. The van der Waals surface area contributed by atoms with Crippen LogP contribution in [0.1, 0.15) is 12.0 Å². The first kappa shape index (κ1) is 17.2. The quantitative estimate of drug-likeness (QED) is 0.526. The van der Waals surface area contributed by atoms with Gasteiger partial charge in [0.2, 0.25) is 0 Å². The largest absolute Gasteiger partial charge is 0.396 e. The van der Waals surface area contributed by atoms with Crippen LogP contribution in [0.5, 0.6) is 0 Å². The van der Waals surface area contributed by atoms with Crippen LogP contribution < -0.4 is 5.32 Å². The summed E-state index contributed by atoms with van der Waals surface area (Å²) in [5, 5.41) is 21.7. The summed E-state index contributed by atoms with van der Waals surface area (Å²) in [5.41, 5.74) is 1.44. The van der Waals surface area contributed by atoms with E-state index >= 15 is 0 Å². The standard InChI is InChI=1S/C19H19FN6O/c20-16-5-2-1-4-14(16)13-26-17-10-19(21-11-15(17)12-22-26)23-18-6-8-25(24-18)7-3-9-27/h1-2,4-6,8,10-12,27H,3,7,9,13H2,(H,21,23,24). The molecular weight excluding hydrogens is 347 g/mol. The maximum atomic E-state index is 13.9. The van der Waals surface area contributed by atoms with E-state index in [4.69, 9.17) is 5.11 Å². The predicted molar refractivity (Wildman–Crippen MR) is 100 cm³/mol. The van der Waals surface area contributed by atoms with Crippen molar-refractivity contribution in [2.75, 3.05) is 11.9 Å². The van der Waals surface area contributed by atoms with Gasteiger partial charge in [-0.2, -0.15) is 10.2 Å². The van der Waals surface area contributed by atoms with E-state index in [-0.39, 0.29) is 12.4 Å².